The van der Waals surface area contributed by atoms with E-state index in [9.17, 15) is 24.3 Å². The van der Waals surface area contributed by atoms with Crippen LogP contribution in [0.1, 0.15) is 47.5 Å². The van der Waals surface area contributed by atoms with Crippen LogP contribution in [0, 0.1) is 11.8 Å². The standard InChI is InChI=1S/C17H32N4O5/c1-9(2)6-12(20-14(22)8-19-15(23)11(5)18)16(24)21-13(17(25)26)7-10(3)4/h9-13H,6-8,18H2,1-5H3,(H,19,23)(H,20,22)(H,21,24)(H,25,26). The topological polar surface area (TPSA) is 151 Å². The van der Waals surface area contributed by atoms with Gasteiger partial charge in [-0.3, -0.25) is 14.4 Å². The molecule has 0 rings (SSSR count). The summed E-state index contributed by atoms with van der Waals surface area (Å²) in [5.41, 5.74) is 5.40. The van der Waals surface area contributed by atoms with E-state index >= 15 is 0 Å². The number of nitrogens with one attached hydrogen (secondary N) is 3. The zero-order chi connectivity index (χ0) is 20.4. The van der Waals surface area contributed by atoms with Gasteiger partial charge >= 0.3 is 5.97 Å². The molecule has 0 aromatic heterocycles. The van der Waals surface area contributed by atoms with Gasteiger partial charge in [0.25, 0.3) is 0 Å². The third-order valence-electron chi connectivity index (χ3n) is 3.52. The van der Waals surface area contributed by atoms with Gasteiger partial charge in [0.2, 0.25) is 17.7 Å². The van der Waals surface area contributed by atoms with Gasteiger partial charge in [0.1, 0.15) is 12.1 Å². The van der Waals surface area contributed by atoms with Crippen molar-refractivity contribution in [3.05, 3.63) is 0 Å². The molecule has 150 valence electrons. The molecule has 0 aromatic carbocycles. The fourth-order valence-corrected chi connectivity index (χ4v) is 2.24. The number of carbonyl (C=O) groups excluding carboxylic acids is 3. The molecule has 0 aliphatic carbocycles. The van der Waals surface area contributed by atoms with Gasteiger partial charge in [0.05, 0.1) is 12.6 Å². The summed E-state index contributed by atoms with van der Waals surface area (Å²) in [6, 6.07) is -2.65. The third-order valence-corrected chi connectivity index (χ3v) is 3.52. The Hall–Kier alpha value is -2.16. The van der Waals surface area contributed by atoms with Crippen LogP contribution in [0.15, 0.2) is 0 Å². The molecule has 0 aliphatic rings. The first-order valence-electron chi connectivity index (χ1n) is 8.79. The molecule has 0 fully saturated rings. The maximum absolute atomic E-state index is 12.5. The van der Waals surface area contributed by atoms with Crippen molar-refractivity contribution in [1.29, 1.82) is 0 Å². The highest BCUT2D eigenvalue weighted by Crippen LogP contribution is 2.08. The Morgan fingerprint density at radius 1 is 0.846 bits per heavy atom. The van der Waals surface area contributed by atoms with Crippen LogP contribution < -0.4 is 21.7 Å². The maximum atomic E-state index is 12.5. The molecule has 9 heteroatoms. The van der Waals surface area contributed by atoms with Gasteiger partial charge in [-0.25, -0.2) is 4.79 Å². The Balaban J connectivity index is 4.89. The van der Waals surface area contributed by atoms with Crippen LogP contribution in [0.3, 0.4) is 0 Å². The van der Waals surface area contributed by atoms with E-state index in [4.69, 9.17) is 5.73 Å². The average molecular weight is 372 g/mol. The number of hydrogen-bond acceptors (Lipinski definition) is 5. The quantitative estimate of drug-likeness (QED) is 0.333. The molecule has 0 radical (unpaired) electrons. The fourth-order valence-electron chi connectivity index (χ4n) is 2.24. The molecule has 0 aromatic rings. The lowest BCUT2D eigenvalue weighted by Gasteiger charge is -2.23. The Labute approximate surface area is 154 Å². The molecule has 6 N–H and O–H groups in total. The zero-order valence-corrected chi connectivity index (χ0v) is 16.2. The van der Waals surface area contributed by atoms with E-state index in [1.165, 1.54) is 6.92 Å². The molecule has 0 saturated heterocycles. The lowest BCUT2D eigenvalue weighted by Crippen LogP contribution is -2.54. The number of amides is 3. The highest BCUT2D eigenvalue weighted by Gasteiger charge is 2.27. The Bertz CT molecular complexity index is 505. The van der Waals surface area contributed by atoms with Gasteiger partial charge < -0.3 is 26.8 Å². The predicted molar refractivity (Wildman–Crippen MR) is 97.1 cm³/mol. The van der Waals surface area contributed by atoms with Crippen LogP contribution in [0.2, 0.25) is 0 Å². The molecule has 0 spiro atoms. The molecule has 0 aliphatic heterocycles. The summed E-state index contributed by atoms with van der Waals surface area (Å²) >= 11 is 0. The summed E-state index contributed by atoms with van der Waals surface area (Å²) in [4.78, 5) is 47.2. The normalized spacial score (nSPS) is 14.5. The van der Waals surface area contributed by atoms with Gasteiger partial charge in [-0.05, 0) is 31.6 Å². The molecule has 26 heavy (non-hydrogen) atoms. The average Bonchev–Trinajstić information content (AvgIpc) is 2.49. The first-order valence-corrected chi connectivity index (χ1v) is 8.79. The lowest BCUT2D eigenvalue weighted by atomic mass is 10.0. The second-order valence-corrected chi connectivity index (χ2v) is 7.29. The fraction of sp³-hybridized carbons (Fsp3) is 0.765. The minimum absolute atomic E-state index is 0.0861. The first kappa shape index (κ1) is 23.8. The summed E-state index contributed by atoms with van der Waals surface area (Å²) in [5, 5.41) is 16.6. The number of carbonyl (C=O) groups is 4. The van der Waals surface area contributed by atoms with Crippen molar-refractivity contribution >= 4 is 23.7 Å². The van der Waals surface area contributed by atoms with Crippen molar-refractivity contribution < 1.29 is 24.3 Å². The molecule has 0 saturated carbocycles. The van der Waals surface area contributed by atoms with Gasteiger partial charge in [-0.1, -0.05) is 27.7 Å². The highest BCUT2D eigenvalue weighted by molar-refractivity contribution is 5.92. The largest absolute Gasteiger partial charge is 0.480 e. The second kappa shape index (κ2) is 11.5. The number of hydrogen-bond donors (Lipinski definition) is 5. The Morgan fingerprint density at radius 3 is 1.77 bits per heavy atom. The van der Waals surface area contributed by atoms with Crippen molar-refractivity contribution in [2.45, 2.75) is 65.6 Å². The summed E-state index contributed by atoms with van der Waals surface area (Å²) in [7, 11) is 0. The molecule has 0 heterocycles. The second-order valence-electron chi connectivity index (χ2n) is 7.29. The van der Waals surface area contributed by atoms with E-state index in [-0.39, 0.29) is 24.8 Å². The van der Waals surface area contributed by atoms with Gasteiger partial charge in [-0.15, -0.1) is 0 Å². The van der Waals surface area contributed by atoms with Crippen molar-refractivity contribution in [2.75, 3.05) is 6.54 Å². The van der Waals surface area contributed by atoms with Crippen molar-refractivity contribution in [3.63, 3.8) is 0 Å². The number of aliphatic carboxylic acids is 1. The Kier molecular flexibility index (Phi) is 10.5. The number of carboxylic acid groups (broad SMARTS) is 1. The SMILES string of the molecule is CC(C)CC(NC(=O)C(CC(C)C)NC(=O)CNC(=O)C(C)N)C(=O)O. The number of nitrogens with two attached hydrogens (primary N) is 1. The minimum atomic E-state index is -1.12. The zero-order valence-electron chi connectivity index (χ0n) is 16.2. The molecular formula is C17H32N4O5. The van der Waals surface area contributed by atoms with Crippen LogP contribution in [-0.4, -0.2) is 53.5 Å². The van der Waals surface area contributed by atoms with Crippen LogP contribution in [0.4, 0.5) is 0 Å². The van der Waals surface area contributed by atoms with E-state index in [0.29, 0.717) is 6.42 Å². The Morgan fingerprint density at radius 2 is 1.35 bits per heavy atom. The van der Waals surface area contributed by atoms with Crippen LogP contribution in [0.25, 0.3) is 0 Å². The monoisotopic (exact) mass is 372 g/mol. The van der Waals surface area contributed by atoms with Crippen molar-refractivity contribution in [2.24, 2.45) is 17.6 Å². The lowest BCUT2D eigenvalue weighted by molar-refractivity contribution is -0.142. The van der Waals surface area contributed by atoms with E-state index < -0.39 is 41.8 Å². The van der Waals surface area contributed by atoms with E-state index in [1.54, 1.807) is 0 Å². The van der Waals surface area contributed by atoms with E-state index in [1.807, 2.05) is 27.7 Å². The maximum Gasteiger partial charge on any atom is 0.326 e. The molecular weight excluding hydrogens is 340 g/mol. The van der Waals surface area contributed by atoms with E-state index in [0.717, 1.165) is 0 Å². The van der Waals surface area contributed by atoms with Crippen molar-refractivity contribution in [3.8, 4) is 0 Å². The first-order chi connectivity index (χ1) is 11.9. The summed E-state index contributed by atoms with van der Waals surface area (Å²) in [6.07, 6.45) is 0.626. The minimum Gasteiger partial charge on any atom is -0.480 e. The summed E-state index contributed by atoms with van der Waals surface area (Å²) < 4.78 is 0. The highest BCUT2D eigenvalue weighted by atomic mass is 16.4. The smallest absolute Gasteiger partial charge is 0.326 e. The van der Waals surface area contributed by atoms with Crippen molar-refractivity contribution in [1.82, 2.24) is 16.0 Å². The van der Waals surface area contributed by atoms with Crippen LogP contribution in [-0.2, 0) is 19.2 Å². The van der Waals surface area contributed by atoms with Crippen LogP contribution >= 0.6 is 0 Å². The molecule has 3 amide bonds. The summed E-state index contributed by atoms with van der Waals surface area (Å²) in [6.45, 7) is 8.66. The molecule has 3 unspecified atom stereocenters. The predicted octanol–water partition coefficient (Wildman–Crippen LogP) is -0.404. The summed E-state index contributed by atoms with van der Waals surface area (Å²) in [5.74, 6) is -2.52. The third kappa shape index (κ3) is 9.97. The molecule has 9 nitrogen and oxygen atoms in total. The van der Waals surface area contributed by atoms with Gasteiger partial charge in [0, 0.05) is 0 Å². The number of carboxylic acids is 1. The van der Waals surface area contributed by atoms with Gasteiger partial charge in [-0.2, -0.15) is 0 Å². The van der Waals surface area contributed by atoms with Gasteiger partial charge in [0.15, 0.2) is 0 Å². The molecule has 3 atom stereocenters. The van der Waals surface area contributed by atoms with E-state index in [2.05, 4.69) is 16.0 Å². The molecule has 0 bridgehead atoms. The number of rotatable bonds is 11. The van der Waals surface area contributed by atoms with Crippen LogP contribution in [0.5, 0.6) is 0 Å².